The van der Waals surface area contributed by atoms with E-state index in [9.17, 15) is 4.79 Å². The molecular weight excluding hydrogens is 220 g/mol. The quantitative estimate of drug-likeness (QED) is 0.828. The number of nitrogens with one attached hydrogen (secondary N) is 1. The zero-order valence-electron chi connectivity index (χ0n) is 9.77. The Labute approximate surface area is 99.0 Å². The van der Waals surface area contributed by atoms with Gasteiger partial charge in [0.1, 0.15) is 5.69 Å². The van der Waals surface area contributed by atoms with Crippen LogP contribution in [0.15, 0.2) is 22.8 Å². The van der Waals surface area contributed by atoms with Crippen molar-refractivity contribution in [3.63, 3.8) is 0 Å². The summed E-state index contributed by atoms with van der Waals surface area (Å²) in [5.74, 6) is -0.104. The molecule has 5 nitrogen and oxygen atoms in total. The first-order valence-corrected chi connectivity index (χ1v) is 5.72. The Morgan fingerprint density at radius 2 is 2.35 bits per heavy atom. The number of carbonyl (C=O) groups is 1. The number of furan rings is 1. The molecule has 2 aromatic heterocycles. The molecule has 0 atom stereocenters. The fourth-order valence-electron chi connectivity index (χ4n) is 1.84. The monoisotopic (exact) mass is 236 g/mol. The predicted octanol–water partition coefficient (Wildman–Crippen LogP) is 1.61. The van der Waals surface area contributed by atoms with Crippen LogP contribution in [0.4, 0.5) is 0 Å². The standard InChI is InChI=1S/C12H16N2O3/c1-2-4-14(5-6-15)12(16)10-8-11-9(13-10)3-7-17-11/h3,7-8,13,15H,2,4-6H2,1H3. The zero-order valence-corrected chi connectivity index (χ0v) is 9.77. The third-order valence-electron chi connectivity index (χ3n) is 2.62. The van der Waals surface area contributed by atoms with Gasteiger partial charge in [0.2, 0.25) is 0 Å². The lowest BCUT2D eigenvalue weighted by Crippen LogP contribution is -2.34. The van der Waals surface area contributed by atoms with Crippen LogP contribution in [0.2, 0.25) is 0 Å². The molecule has 2 heterocycles. The molecule has 0 bridgehead atoms. The SMILES string of the molecule is CCCN(CCO)C(=O)c1cc2occc2[nH]1. The van der Waals surface area contributed by atoms with E-state index in [1.54, 1.807) is 23.3 Å². The molecule has 0 saturated heterocycles. The summed E-state index contributed by atoms with van der Waals surface area (Å²) in [5.41, 5.74) is 1.99. The van der Waals surface area contributed by atoms with Crippen LogP contribution in [0.3, 0.4) is 0 Å². The third-order valence-corrected chi connectivity index (χ3v) is 2.62. The van der Waals surface area contributed by atoms with Crippen LogP contribution in [0, 0.1) is 0 Å². The number of fused-ring (bicyclic) bond motifs is 1. The second-order valence-corrected chi connectivity index (χ2v) is 3.90. The Kier molecular flexibility index (Phi) is 3.49. The van der Waals surface area contributed by atoms with Gasteiger partial charge in [0, 0.05) is 25.2 Å². The Bertz CT molecular complexity index is 466. The molecule has 0 aliphatic rings. The van der Waals surface area contributed by atoms with Crippen LogP contribution < -0.4 is 0 Å². The predicted molar refractivity (Wildman–Crippen MR) is 63.8 cm³/mol. The van der Waals surface area contributed by atoms with E-state index in [0.29, 0.717) is 24.4 Å². The second-order valence-electron chi connectivity index (χ2n) is 3.90. The van der Waals surface area contributed by atoms with Crippen LogP contribution in [-0.2, 0) is 0 Å². The number of aromatic nitrogens is 1. The molecular formula is C12H16N2O3. The van der Waals surface area contributed by atoms with Crippen molar-refractivity contribution in [1.29, 1.82) is 0 Å². The average Bonchev–Trinajstić information content (AvgIpc) is 2.87. The van der Waals surface area contributed by atoms with Gasteiger partial charge in [-0.15, -0.1) is 0 Å². The molecule has 92 valence electrons. The van der Waals surface area contributed by atoms with Gasteiger partial charge in [0.15, 0.2) is 5.58 Å². The smallest absolute Gasteiger partial charge is 0.270 e. The van der Waals surface area contributed by atoms with Crippen LogP contribution in [0.1, 0.15) is 23.8 Å². The van der Waals surface area contributed by atoms with Crippen molar-refractivity contribution in [2.45, 2.75) is 13.3 Å². The van der Waals surface area contributed by atoms with E-state index in [-0.39, 0.29) is 12.5 Å². The second kappa shape index (κ2) is 5.05. The Morgan fingerprint density at radius 3 is 3.00 bits per heavy atom. The number of carbonyl (C=O) groups excluding carboxylic acids is 1. The number of hydrogen-bond acceptors (Lipinski definition) is 3. The molecule has 5 heteroatoms. The first kappa shape index (κ1) is 11.7. The summed E-state index contributed by atoms with van der Waals surface area (Å²) in [4.78, 5) is 16.8. The van der Waals surface area contributed by atoms with Gasteiger partial charge >= 0.3 is 0 Å². The fraction of sp³-hybridized carbons (Fsp3) is 0.417. The highest BCUT2D eigenvalue weighted by Crippen LogP contribution is 2.17. The normalized spacial score (nSPS) is 10.9. The van der Waals surface area contributed by atoms with Crippen molar-refractivity contribution in [3.8, 4) is 0 Å². The first-order valence-electron chi connectivity index (χ1n) is 5.72. The van der Waals surface area contributed by atoms with Crippen molar-refractivity contribution in [2.75, 3.05) is 19.7 Å². The third kappa shape index (κ3) is 2.34. The fourth-order valence-corrected chi connectivity index (χ4v) is 1.84. The molecule has 2 N–H and O–H groups in total. The maximum Gasteiger partial charge on any atom is 0.270 e. The molecule has 0 fully saturated rings. The number of rotatable bonds is 5. The number of amides is 1. The van der Waals surface area contributed by atoms with Gasteiger partial charge in [0.25, 0.3) is 5.91 Å². The molecule has 2 aromatic rings. The van der Waals surface area contributed by atoms with Crippen molar-refractivity contribution in [2.24, 2.45) is 0 Å². The molecule has 0 saturated carbocycles. The van der Waals surface area contributed by atoms with E-state index in [1.807, 2.05) is 6.92 Å². The average molecular weight is 236 g/mol. The van der Waals surface area contributed by atoms with Gasteiger partial charge in [-0.1, -0.05) is 6.92 Å². The molecule has 0 unspecified atom stereocenters. The number of aliphatic hydroxyl groups is 1. The molecule has 0 aliphatic heterocycles. The Hall–Kier alpha value is -1.75. The molecule has 0 aromatic carbocycles. The van der Waals surface area contributed by atoms with E-state index in [0.717, 1.165) is 11.9 Å². The van der Waals surface area contributed by atoms with Gasteiger partial charge in [-0.3, -0.25) is 4.79 Å². The summed E-state index contributed by atoms with van der Waals surface area (Å²) in [6.07, 6.45) is 2.44. The van der Waals surface area contributed by atoms with Crippen molar-refractivity contribution in [1.82, 2.24) is 9.88 Å². The maximum atomic E-state index is 12.1. The number of nitrogens with zero attached hydrogens (tertiary/aromatic N) is 1. The van der Waals surface area contributed by atoms with Gasteiger partial charge in [-0.2, -0.15) is 0 Å². The number of hydrogen-bond donors (Lipinski definition) is 2. The summed E-state index contributed by atoms with van der Waals surface area (Å²) in [5, 5.41) is 8.94. The van der Waals surface area contributed by atoms with Gasteiger partial charge in [0.05, 0.1) is 18.4 Å². The number of aromatic amines is 1. The van der Waals surface area contributed by atoms with E-state index in [4.69, 9.17) is 9.52 Å². The highest BCUT2D eigenvalue weighted by atomic mass is 16.3. The summed E-state index contributed by atoms with van der Waals surface area (Å²) in [6.45, 7) is 2.97. The van der Waals surface area contributed by atoms with E-state index in [2.05, 4.69) is 4.98 Å². The Balaban J connectivity index is 2.19. The zero-order chi connectivity index (χ0) is 12.3. The van der Waals surface area contributed by atoms with E-state index >= 15 is 0 Å². The molecule has 0 spiro atoms. The maximum absolute atomic E-state index is 12.1. The largest absolute Gasteiger partial charge is 0.463 e. The van der Waals surface area contributed by atoms with Crippen molar-refractivity contribution in [3.05, 3.63) is 24.1 Å². The van der Waals surface area contributed by atoms with Gasteiger partial charge in [-0.05, 0) is 6.42 Å². The van der Waals surface area contributed by atoms with Crippen LogP contribution in [0.25, 0.3) is 11.1 Å². The minimum Gasteiger partial charge on any atom is -0.463 e. The van der Waals surface area contributed by atoms with Gasteiger partial charge < -0.3 is 19.4 Å². The van der Waals surface area contributed by atoms with Crippen molar-refractivity contribution < 1.29 is 14.3 Å². The van der Waals surface area contributed by atoms with Crippen LogP contribution in [-0.4, -0.2) is 40.6 Å². The minimum absolute atomic E-state index is 0.0252. The summed E-state index contributed by atoms with van der Waals surface area (Å²) in [6, 6.07) is 3.47. The van der Waals surface area contributed by atoms with Gasteiger partial charge in [-0.25, -0.2) is 0 Å². The highest BCUT2D eigenvalue weighted by Gasteiger charge is 2.17. The molecule has 1 amide bonds. The highest BCUT2D eigenvalue weighted by molar-refractivity contribution is 5.96. The molecule has 17 heavy (non-hydrogen) atoms. The topological polar surface area (TPSA) is 69.5 Å². The summed E-state index contributed by atoms with van der Waals surface area (Å²) < 4.78 is 5.20. The Morgan fingerprint density at radius 1 is 1.53 bits per heavy atom. The summed E-state index contributed by atoms with van der Waals surface area (Å²) in [7, 11) is 0. The summed E-state index contributed by atoms with van der Waals surface area (Å²) >= 11 is 0. The minimum atomic E-state index is -0.104. The van der Waals surface area contributed by atoms with Crippen LogP contribution in [0.5, 0.6) is 0 Å². The lowest BCUT2D eigenvalue weighted by atomic mass is 10.3. The molecule has 0 radical (unpaired) electrons. The number of aliphatic hydroxyl groups excluding tert-OH is 1. The molecule has 0 aliphatic carbocycles. The van der Waals surface area contributed by atoms with E-state index in [1.165, 1.54) is 0 Å². The molecule has 2 rings (SSSR count). The lowest BCUT2D eigenvalue weighted by Gasteiger charge is -2.20. The van der Waals surface area contributed by atoms with Crippen LogP contribution >= 0.6 is 0 Å². The van der Waals surface area contributed by atoms with E-state index < -0.39 is 0 Å². The first-order chi connectivity index (χ1) is 8.26. The number of H-pyrrole nitrogens is 1. The lowest BCUT2D eigenvalue weighted by molar-refractivity contribution is 0.0717. The van der Waals surface area contributed by atoms with Crippen molar-refractivity contribution >= 4 is 17.0 Å².